The van der Waals surface area contributed by atoms with Crippen LogP contribution in [0.5, 0.6) is 0 Å². The normalized spacial score (nSPS) is 22.2. The standard InChI is InChI=1S/C13H26F2N2OS/c1-12(2,3)19(18)17-11(13(14,15)9-16)10-7-5-4-6-8-10/h10-11,17H,4-9,16H2,1-3H3/t11-,19-/m1/s1. The molecular formula is C13H26F2N2OS. The Labute approximate surface area is 117 Å². The highest BCUT2D eigenvalue weighted by molar-refractivity contribution is 7.84. The zero-order valence-electron chi connectivity index (χ0n) is 12.0. The smallest absolute Gasteiger partial charge is 0.276 e. The van der Waals surface area contributed by atoms with Crippen LogP contribution in [0.1, 0.15) is 52.9 Å². The van der Waals surface area contributed by atoms with Gasteiger partial charge in [0.1, 0.15) is 0 Å². The van der Waals surface area contributed by atoms with Crippen molar-refractivity contribution in [3.63, 3.8) is 0 Å². The van der Waals surface area contributed by atoms with E-state index in [-0.39, 0.29) is 5.92 Å². The first-order valence-corrected chi connectivity index (χ1v) is 8.09. The predicted octanol–water partition coefficient (Wildman–Crippen LogP) is 2.58. The van der Waals surface area contributed by atoms with Gasteiger partial charge >= 0.3 is 0 Å². The van der Waals surface area contributed by atoms with Crippen molar-refractivity contribution in [3.8, 4) is 0 Å². The molecule has 0 aromatic carbocycles. The number of alkyl halides is 2. The summed E-state index contributed by atoms with van der Waals surface area (Å²) in [6.07, 6.45) is 4.54. The molecule has 0 bridgehead atoms. The Kier molecular flexibility index (Phi) is 5.89. The summed E-state index contributed by atoms with van der Waals surface area (Å²) in [5, 5.41) is 0. The maximum absolute atomic E-state index is 14.0. The van der Waals surface area contributed by atoms with Gasteiger partial charge in [0.25, 0.3) is 5.92 Å². The van der Waals surface area contributed by atoms with Crippen LogP contribution < -0.4 is 10.5 Å². The summed E-state index contributed by atoms with van der Waals surface area (Å²) in [4.78, 5) is 0. The van der Waals surface area contributed by atoms with Crippen molar-refractivity contribution in [2.24, 2.45) is 11.7 Å². The largest absolute Gasteiger partial charge is 0.325 e. The first-order valence-electron chi connectivity index (χ1n) is 6.94. The van der Waals surface area contributed by atoms with E-state index in [9.17, 15) is 13.0 Å². The lowest BCUT2D eigenvalue weighted by Gasteiger charge is -2.36. The lowest BCUT2D eigenvalue weighted by Crippen LogP contribution is -2.56. The number of hydrogen-bond donors (Lipinski definition) is 2. The second-order valence-corrected chi connectivity index (χ2v) is 8.34. The summed E-state index contributed by atoms with van der Waals surface area (Å²) in [7, 11) is -1.50. The van der Waals surface area contributed by atoms with E-state index in [4.69, 9.17) is 5.73 Å². The van der Waals surface area contributed by atoms with Crippen molar-refractivity contribution < 1.29 is 13.0 Å². The molecule has 19 heavy (non-hydrogen) atoms. The van der Waals surface area contributed by atoms with Gasteiger partial charge < -0.3 is 5.73 Å². The topological polar surface area (TPSA) is 55.1 Å². The summed E-state index contributed by atoms with van der Waals surface area (Å²) in [5.41, 5.74) is 5.21. The average Bonchev–Trinajstić information content (AvgIpc) is 2.35. The Bertz CT molecular complexity index is 312. The van der Waals surface area contributed by atoms with E-state index in [2.05, 4.69) is 4.72 Å². The first-order chi connectivity index (χ1) is 8.68. The lowest BCUT2D eigenvalue weighted by atomic mass is 9.82. The molecule has 3 N–H and O–H groups in total. The monoisotopic (exact) mass is 296 g/mol. The number of hydrogen-bond acceptors (Lipinski definition) is 2. The van der Waals surface area contributed by atoms with Gasteiger partial charge in [0.2, 0.25) is 0 Å². The Hall–Kier alpha value is -0.0700. The summed E-state index contributed by atoms with van der Waals surface area (Å²) < 4.78 is 42.3. The van der Waals surface area contributed by atoms with Crippen LogP contribution in [0.2, 0.25) is 0 Å². The molecular weight excluding hydrogens is 270 g/mol. The minimum atomic E-state index is -3.01. The zero-order chi connectivity index (χ0) is 14.7. The van der Waals surface area contributed by atoms with Gasteiger partial charge in [0.05, 0.1) is 28.3 Å². The highest BCUT2D eigenvalue weighted by Crippen LogP contribution is 2.34. The zero-order valence-corrected chi connectivity index (χ0v) is 12.9. The molecule has 2 atom stereocenters. The van der Waals surface area contributed by atoms with Gasteiger partial charge in [-0.1, -0.05) is 19.3 Å². The molecule has 6 heteroatoms. The molecule has 0 spiro atoms. The predicted molar refractivity (Wildman–Crippen MR) is 75.4 cm³/mol. The second-order valence-electron chi connectivity index (χ2n) is 6.34. The van der Waals surface area contributed by atoms with Crippen LogP contribution in [0, 0.1) is 5.92 Å². The second kappa shape index (κ2) is 6.59. The van der Waals surface area contributed by atoms with Crippen LogP contribution >= 0.6 is 0 Å². The van der Waals surface area contributed by atoms with Crippen LogP contribution in [0.15, 0.2) is 0 Å². The van der Waals surface area contributed by atoms with Gasteiger partial charge in [-0.2, -0.15) is 0 Å². The molecule has 3 nitrogen and oxygen atoms in total. The van der Waals surface area contributed by atoms with Crippen molar-refractivity contribution in [2.75, 3.05) is 6.54 Å². The van der Waals surface area contributed by atoms with Gasteiger partial charge in [-0.15, -0.1) is 0 Å². The quantitative estimate of drug-likeness (QED) is 0.819. The number of nitrogens with one attached hydrogen (secondary N) is 1. The van der Waals surface area contributed by atoms with Crippen molar-refractivity contribution in [3.05, 3.63) is 0 Å². The average molecular weight is 296 g/mol. The first kappa shape index (κ1) is 17.0. The molecule has 0 aliphatic heterocycles. The Morgan fingerprint density at radius 1 is 1.26 bits per heavy atom. The molecule has 1 aliphatic carbocycles. The minimum absolute atomic E-state index is 0.140. The van der Waals surface area contributed by atoms with Crippen LogP contribution in [0.25, 0.3) is 0 Å². The molecule has 0 saturated heterocycles. The maximum Gasteiger partial charge on any atom is 0.276 e. The highest BCUT2D eigenvalue weighted by atomic mass is 32.2. The van der Waals surface area contributed by atoms with Crippen molar-refractivity contribution in [1.29, 1.82) is 0 Å². The number of rotatable bonds is 5. The molecule has 1 saturated carbocycles. The third kappa shape index (κ3) is 4.76. The van der Waals surface area contributed by atoms with Gasteiger partial charge in [0.15, 0.2) is 0 Å². The van der Waals surface area contributed by atoms with Crippen molar-refractivity contribution >= 4 is 11.0 Å². The van der Waals surface area contributed by atoms with E-state index < -0.39 is 34.2 Å². The Morgan fingerprint density at radius 3 is 2.21 bits per heavy atom. The summed E-state index contributed by atoms with van der Waals surface area (Å²) in [5.74, 6) is -3.15. The van der Waals surface area contributed by atoms with E-state index in [0.717, 1.165) is 32.1 Å². The summed E-state index contributed by atoms with van der Waals surface area (Å²) >= 11 is 0. The third-order valence-corrected chi connectivity index (χ3v) is 5.22. The summed E-state index contributed by atoms with van der Waals surface area (Å²) in [6.45, 7) is 4.61. The SMILES string of the molecule is CC(C)(C)[S@@](=O)N[C@H](C1CCCCC1)C(F)(F)CN. The lowest BCUT2D eigenvalue weighted by molar-refractivity contribution is -0.0445. The fourth-order valence-electron chi connectivity index (χ4n) is 2.41. The molecule has 0 heterocycles. The van der Waals surface area contributed by atoms with Gasteiger partial charge in [-0.3, -0.25) is 0 Å². The van der Waals surface area contributed by atoms with Gasteiger partial charge in [-0.25, -0.2) is 17.7 Å². The third-order valence-electron chi connectivity index (χ3n) is 3.64. The van der Waals surface area contributed by atoms with Crippen LogP contribution in [0.3, 0.4) is 0 Å². The van der Waals surface area contributed by atoms with E-state index >= 15 is 0 Å². The van der Waals surface area contributed by atoms with E-state index in [0.29, 0.717) is 0 Å². The maximum atomic E-state index is 14.0. The fraction of sp³-hybridized carbons (Fsp3) is 1.00. The van der Waals surface area contributed by atoms with Gasteiger partial charge in [-0.05, 0) is 39.5 Å². The number of nitrogens with two attached hydrogens (primary N) is 1. The molecule has 0 unspecified atom stereocenters. The Balaban J connectivity index is 2.83. The highest BCUT2D eigenvalue weighted by Gasteiger charge is 2.45. The molecule has 0 amide bonds. The number of halogens is 2. The molecule has 0 aromatic heterocycles. The molecule has 0 aromatic rings. The summed E-state index contributed by atoms with van der Waals surface area (Å²) in [6, 6.07) is -1.09. The van der Waals surface area contributed by atoms with E-state index in [1.54, 1.807) is 20.8 Å². The van der Waals surface area contributed by atoms with Crippen LogP contribution in [-0.2, 0) is 11.0 Å². The van der Waals surface area contributed by atoms with E-state index in [1.165, 1.54) is 0 Å². The molecule has 1 fully saturated rings. The minimum Gasteiger partial charge on any atom is -0.325 e. The fourth-order valence-corrected chi connectivity index (χ4v) is 3.36. The molecule has 114 valence electrons. The van der Waals surface area contributed by atoms with Crippen molar-refractivity contribution in [2.45, 2.75) is 69.6 Å². The molecule has 0 radical (unpaired) electrons. The van der Waals surface area contributed by atoms with E-state index in [1.807, 2.05) is 0 Å². The van der Waals surface area contributed by atoms with Crippen molar-refractivity contribution in [1.82, 2.24) is 4.72 Å². The Morgan fingerprint density at radius 2 is 1.79 bits per heavy atom. The molecule has 1 aliphatic rings. The van der Waals surface area contributed by atoms with Crippen LogP contribution in [0.4, 0.5) is 8.78 Å². The van der Waals surface area contributed by atoms with Crippen LogP contribution in [-0.4, -0.2) is 27.5 Å². The molecule has 1 rings (SSSR count). The van der Waals surface area contributed by atoms with Gasteiger partial charge in [0, 0.05) is 0 Å².